The lowest BCUT2D eigenvalue weighted by atomic mass is 9.96. The van der Waals surface area contributed by atoms with Gasteiger partial charge in [-0.15, -0.1) is 0 Å². The second kappa shape index (κ2) is 5.26. The number of carbonyl (C=O) groups excluding carboxylic acids is 2. The minimum atomic E-state index is -3.51. The van der Waals surface area contributed by atoms with Crippen molar-refractivity contribution < 1.29 is 18.0 Å². The van der Waals surface area contributed by atoms with Gasteiger partial charge in [0.2, 0.25) is 5.91 Å². The third-order valence-corrected chi connectivity index (χ3v) is 6.00. The van der Waals surface area contributed by atoms with E-state index in [0.717, 1.165) is 11.8 Å². The monoisotopic (exact) mass is 309 g/mol. The van der Waals surface area contributed by atoms with E-state index in [2.05, 4.69) is 5.32 Å². The van der Waals surface area contributed by atoms with Gasteiger partial charge in [0.05, 0.1) is 0 Å². The molecule has 1 amide bonds. The summed E-state index contributed by atoms with van der Waals surface area (Å²) in [6.45, 7) is 2.83. The zero-order valence-corrected chi connectivity index (χ0v) is 13.2. The van der Waals surface area contributed by atoms with Crippen LogP contribution in [0.4, 0.5) is 5.69 Å². The molecule has 1 heterocycles. The SMILES string of the molecule is CC(C)(C(=O)c1ccc2c(c1)CCCC(=O)N2)S(C)(=O)=O. The number of carbonyl (C=O) groups is 2. The van der Waals surface area contributed by atoms with Gasteiger partial charge in [0, 0.05) is 23.9 Å². The van der Waals surface area contributed by atoms with Crippen LogP contribution in [-0.2, 0) is 21.1 Å². The Balaban J connectivity index is 2.41. The van der Waals surface area contributed by atoms with E-state index in [0.29, 0.717) is 30.5 Å². The Hall–Kier alpha value is -1.69. The van der Waals surface area contributed by atoms with Crippen LogP contribution in [0.1, 0.15) is 42.6 Å². The predicted octanol–water partition coefficient (Wildman–Crippen LogP) is 1.97. The maximum atomic E-state index is 12.5. The lowest BCUT2D eigenvalue weighted by Crippen LogP contribution is -2.40. The molecule has 5 nitrogen and oxygen atoms in total. The van der Waals surface area contributed by atoms with Crippen molar-refractivity contribution in [2.45, 2.75) is 37.9 Å². The van der Waals surface area contributed by atoms with Crippen LogP contribution in [0.15, 0.2) is 18.2 Å². The Morgan fingerprint density at radius 1 is 1.24 bits per heavy atom. The second-order valence-electron chi connectivity index (χ2n) is 5.89. The Bertz CT molecular complexity index is 704. The molecule has 0 fully saturated rings. The molecule has 0 aliphatic carbocycles. The summed E-state index contributed by atoms with van der Waals surface area (Å²) in [7, 11) is -3.51. The first-order chi connectivity index (χ1) is 9.63. The Labute approximate surface area is 124 Å². The number of hydrogen-bond acceptors (Lipinski definition) is 4. The van der Waals surface area contributed by atoms with Crippen molar-refractivity contribution >= 4 is 27.2 Å². The van der Waals surface area contributed by atoms with E-state index in [1.165, 1.54) is 13.8 Å². The molecule has 1 N–H and O–H groups in total. The van der Waals surface area contributed by atoms with Crippen LogP contribution in [0, 0.1) is 0 Å². The van der Waals surface area contributed by atoms with Gasteiger partial charge in [-0.05, 0) is 50.5 Å². The summed E-state index contributed by atoms with van der Waals surface area (Å²) in [5.41, 5.74) is 1.93. The van der Waals surface area contributed by atoms with E-state index < -0.39 is 20.4 Å². The summed E-state index contributed by atoms with van der Waals surface area (Å²) < 4.78 is 22.1. The molecule has 114 valence electrons. The van der Waals surface area contributed by atoms with Crippen LogP contribution in [-0.4, -0.2) is 31.1 Å². The molecule has 0 bridgehead atoms. The molecule has 0 radical (unpaired) electrons. The Morgan fingerprint density at radius 3 is 2.52 bits per heavy atom. The number of benzene rings is 1. The molecular formula is C15H19NO4S. The van der Waals surface area contributed by atoms with Crippen molar-refractivity contribution in [1.82, 2.24) is 0 Å². The first kappa shape index (κ1) is 15.7. The number of nitrogens with one attached hydrogen (secondary N) is 1. The maximum Gasteiger partial charge on any atom is 0.224 e. The van der Waals surface area contributed by atoms with Crippen LogP contribution in [0.5, 0.6) is 0 Å². The van der Waals surface area contributed by atoms with Crippen LogP contribution in [0.2, 0.25) is 0 Å². The fraction of sp³-hybridized carbons (Fsp3) is 0.467. The summed E-state index contributed by atoms with van der Waals surface area (Å²) in [5, 5.41) is 2.79. The molecule has 0 saturated carbocycles. The number of amides is 1. The molecule has 0 saturated heterocycles. The molecular weight excluding hydrogens is 290 g/mol. The van der Waals surface area contributed by atoms with Crippen molar-refractivity contribution in [1.29, 1.82) is 0 Å². The lowest BCUT2D eigenvalue weighted by Gasteiger charge is -2.21. The van der Waals surface area contributed by atoms with Crippen molar-refractivity contribution in [3.63, 3.8) is 0 Å². The van der Waals surface area contributed by atoms with Crippen LogP contribution >= 0.6 is 0 Å². The molecule has 6 heteroatoms. The maximum absolute atomic E-state index is 12.5. The molecule has 0 atom stereocenters. The number of rotatable bonds is 3. The summed E-state index contributed by atoms with van der Waals surface area (Å²) in [4.78, 5) is 24.0. The molecule has 1 aromatic carbocycles. The third kappa shape index (κ3) is 3.00. The van der Waals surface area contributed by atoms with E-state index in [1.54, 1.807) is 18.2 Å². The van der Waals surface area contributed by atoms with E-state index in [1.807, 2.05) is 0 Å². The van der Waals surface area contributed by atoms with Crippen molar-refractivity contribution in [2.24, 2.45) is 0 Å². The number of sulfone groups is 1. The Morgan fingerprint density at radius 2 is 1.90 bits per heavy atom. The molecule has 1 aliphatic heterocycles. The highest BCUT2D eigenvalue weighted by Crippen LogP contribution is 2.27. The zero-order chi connectivity index (χ0) is 15.8. The molecule has 0 spiro atoms. The summed E-state index contributed by atoms with van der Waals surface area (Å²) in [6.07, 6.45) is 2.92. The average Bonchev–Trinajstić information content (AvgIpc) is 2.56. The minimum absolute atomic E-state index is 0.0377. The molecule has 1 aromatic rings. The highest BCUT2D eigenvalue weighted by atomic mass is 32.2. The number of Topliss-reactive ketones (excluding diaryl/α,β-unsaturated/α-hetero) is 1. The smallest absolute Gasteiger partial charge is 0.224 e. The van der Waals surface area contributed by atoms with Gasteiger partial charge in [-0.25, -0.2) is 8.42 Å². The molecule has 2 rings (SSSR count). The second-order valence-corrected chi connectivity index (χ2v) is 8.45. The van der Waals surface area contributed by atoms with Gasteiger partial charge in [0.25, 0.3) is 0 Å². The van der Waals surface area contributed by atoms with Crippen LogP contribution in [0.3, 0.4) is 0 Å². The van der Waals surface area contributed by atoms with Gasteiger partial charge in [0.1, 0.15) is 4.75 Å². The standard InChI is InChI=1S/C15H19NO4S/c1-15(2,21(3,19)20)14(18)11-7-8-12-10(9-11)5-4-6-13(17)16-12/h7-9H,4-6H2,1-3H3,(H,16,17). The first-order valence-electron chi connectivity index (χ1n) is 6.80. The van der Waals surface area contributed by atoms with E-state index >= 15 is 0 Å². The quantitative estimate of drug-likeness (QED) is 0.866. The number of anilines is 1. The normalized spacial score (nSPS) is 15.9. The average molecular weight is 309 g/mol. The highest BCUT2D eigenvalue weighted by Gasteiger charge is 2.39. The number of aryl methyl sites for hydroxylation is 1. The molecule has 1 aliphatic rings. The fourth-order valence-electron chi connectivity index (χ4n) is 2.23. The topological polar surface area (TPSA) is 80.3 Å². The van der Waals surface area contributed by atoms with Gasteiger partial charge in [-0.2, -0.15) is 0 Å². The molecule has 21 heavy (non-hydrogen) atoms. The number of fused-ring (bicyclic) bond motifs is 1. The highest BCUT2D eigenvalue weighted by molar-refractivity contribution is 7.92. The third-order valence-electron chi connectivity index (χ3n) is 3.97. The largest absolute Gasteiger partial charge is 0.326 e. The first-order valence-corrected chi connectivity index (χ1v) is 8.69. The summed E-state index contributed by atoms with van der Waals surface area (Å²) in [6, 6.07) is 4.93. The molecule has 0 unspecified atom stereocenters. The van der Waals surface area contributed by atoms with Crippen LogP contribution < -0.4 is 5.32 Å². The zero-order valence-electron chi connectivity index (χ0n) is 12.4. The minimum Gasteiger partial charge on any atom is -0.326 e. The van der Waals surface area contributed by atoms with E-state index in [-0.39, 0.29) is 5.91 Å². The van der Waals surface area contributed by atoms with Crippen molar-refractivity contribution in [2.75, 3.05) is 11.6 Å². The van der Waals surface area contributed by atoms with Gasteiger partial charge < -0.3 is 5.32 Å². The summed E-state index contributed by atoms with van der Waals surface area (Å²) >= 11 is 0. The van der Waals surface area contributed by atoms with Gasteiger partial charge in [-0.3, -0.25) is 9.59 Å². The fourth-order valence-corrected chi connectivity index (χ4v) is 2.69. The Kier molecular flexibility index (Phi) is 3.93. The number of hydrogen-bond donors (Lipinski definition) is 1. The van der Waals surface area contributed by atoms with Crippen molar-refractivity contribution in [3.05, 3.63) is 29.3 Å². The van der Waals surface area contributed by atoms with E-state index in [4.69, 9.17) is 0 Å². The van der Waals surface area contributed by atoms with E-state index in [9.17, 15) is 18.0 Å². The number of ketones is 1. The van der Waals surface area contributed by atoms with Crippen LogP contribution in [0.25, 0.3) is 0 Å². The molecule has 0 aromatic heterocycles. The summed E-state index contributed by atoms with van der Waals surface area (Å²) in [5.74, 6) is -0.465. The predicted molar refractivity (Wildman–Crippen MR) is 81.3 cm³/mol. The van der Waals surface area contributed by atoms with Crippen molar-refractivity contribution in [3.8, 4) is 0 Å². The van der Waals surface area contributed by atoms with Gasteiger partial charge in [-0.1, -0.05) is 0 Å². The van der Waals surface area contributed by atoms with Gasteiger partial charge >= 0.3 is 0 Å². The lowest BCUT2D eigenvalue weighted by molar-refractivity contribution is -0.116. The van der Waals surface area contributed by atoms with Gasteiger partial charge in [0.15, 0.2) is 15.6 Å².